The number of allylic oxidation sites excluding steroid dienone is 1. The molecule has 1 aliphatic rings. The maximum atomic E-state index is 12.2. The predicted octanol–water partition coefficient (Wildman–Crippen LogP) is 3.20. The molecule has 1 aromatic carbocycles. The Labute approximate surface area is 149 Å². The van der Waals surface area contributed by atoms with Gasteiger partial charge in [-0.1, -0.05) is 22.9 Å². The maximum absolute atomic E-state index is 12.2. The highest BCUT2D eigenvalue weighted by molar-refractivity contribution is 9.10. The summed E-state index contributed by atoms with van der Waals surface area (Å²) in [5, 5.41) is 6.56. The molecule has 7 heteroatoms. The molecule has 0 amide bonds. The van der Waals surface area contributed by atoms with Gasteiger partial charge in [0, 0.05) is 15.7 Å². The highest BCUT2D eigenvalue weighted by Gasteiger charge is 2.32. The average Bonchev–Trinajstić information content (AvgIpc) is 2.52. The third kappa shape index (κ3) is 4.03. The molecule has 0 aromatic heterocycles. The Morgan fingerprint density at radius 2 is 2.17 bits per heavy atom. The number of hydrogen-bond acceptors (Lipinski definition) is 4. The predicted molar refractivity (Wildman–Crippen MR) is 96.3 cm³/mol. The summed E-state index contributed by atoms with van der Waals surface area (Å²) in [5.74, 6) is 0.308. The number of rotatable bonds is 5. The second-order valence-corrected chi connectivity index (χ2v) is 6.42. The Morgan fingerprint density at radius 3 is 2.83 bits per heavy atom. The van der Waals surface area contributed by atoms with Crippen LogP contribution in [0.4, 0.5) is 0 Å². The van der Waals surface area contributed by atoms with Crippen molar-refractivity contribution in [1.29, 1.82) is 0 Å². The fourth-order valence-corrected chi connectivity index (χ4v) is 3.05. The van der Waals surface area contributed by atoms with Gasteiger partial charge in [-0.3, -0.25) is 0 Å². The van der Waals surface area contributed by atoms with Crippen LogP contribution in [0.2, 0.25) is 0 Å². The first-order valence-electron chi connectivity index (χ1n) is 7.26. The van der Waals surface area contributed by atoms with Gasteiger partial charge in [-0.2, -0.15) is 0 Å². The molecule has 0 saturated carbocycles. The number of benzene rings is 1. The molecule has 1 aromatic rings. The standard InChI is InChI=1S/C16H19BrN2O3S/c1-4-7-22-12-6-5-10(17)8-11(12)14-13(15(20)21-3)9(2)18-16(23)19-14/h5-6,8,14H,4,7H2,1-3H3,(H2,18,19,23). The van der Waals surface area contributed by atoms with E-state index in [2.05, 4.69) is 26.6 Å². The molecule has 2 N–H and O–H groups in total. The van der Waals surface area contributed by atoms with E-state index in [0.29, 0.717) is 28.7 Å². The van der Waals surface area contributed by atoms with Crippen LogP contribution < -0.4 is 15.4 Å². The summed E-state index contributed by atoms with van der Waals surface area (Å²) in [5.41, 5.74) is 1.99. The molecule has 1 unspecified atom stereocenters. The fourth-order valence-electron chi connectivity index (χ4n) is 2.40. The van der Waals surface area contributed by atoms with Crippen LogP contribution in [-0.2, 0) is 9.53 Å². The van der Waals surface area contributed by atoms with Crippen LogP contribution in [0, 0.1) is 0 Å². The molecule has 0 fully saturated rings. The SMILES string of the molecule is CCCOc1ccc(Br)cc1C1NC(=S)NC(C)=C1C(=O)OC. The normalized spacial score (nSPS) is 17.4. The molecule has 0 bridgehead atoms. The Kier molecular flexibility index (Phi) is 6.01. The fraction of sp³-hybridized carbons (Fsp3) is 0.375. The molecule has 0 aliphatic carbocycles. The van der Waals surface area contributed by atoms with Crippen molar-refractivity contribution in [2.45, 2.75) is 26.3 Å². The molecule has 1 atom stereocenters. The second-order valence-electron chi connectivity index (χ2n) is 5.09. The second kappa shape index (κ2) is 7.79. The lowest BCUT2D eigenvalue weighted by atomic mass is 9.95. The Bertz CT molecular complexity index is 661. The van der Waals surface area contributed by atoms with Gasteiger partial charge in [0.2, 0.25) is 0 Å². The van der Waals surface area contributed by atoms with Crippen LogP contribution in [0.25, 0.3) is 0 Å². The zero-order chi connectivity index (χ0) is 17.0. The number of carbonyl (C=O) groups excluding carboxylic acids is 1. The van der Waals surface area contributed by atoms with Crippen molar-refractivity contribution in [2.24, 2.45) is 0 Å². The number of halogens is 1. The topological polar surface area (TPSA) is 59.6 Å². The van der Waals surface area contributed by atoms with E-state index in [0.717, 1.165) is 16.5 Å². The molecule has 0 spiro atoms. The highest BCUT2D eigenvalue weighted by atomic mass is 79.9. The first-order valence-corrected chi connectivity index (χ1v) is 8.46. The summed E-state index contributed by atoms with van der Waals surface area (Å²) < 4.78 is 11.6. The number of ether oxygens (including phenoxy) is 2. The summed E-state index contributed by atoms with van der Waals surface area (Å²) in [6.07, 6.45) is 0.895. The summed E-state index contributed by atoms with van der Waals surface area (Å²) in [7, 11) is 1.36. The Morgan fingerprint density at radius 1 is 1.43 bits per heavy atom. The van der Waals surface area contributed by atoms with Gasteiger partial charge in [0.1, 0.15) is 5.75 Å². The molecule has 1 heterocycles. The van der Waals surface area contributed by atoms with Gasteiger partial charge >= 0.3 is 5.97 Å². The van der Waals surface area contributed by atoms with E-state index >= 15 is 0 Å². The molecule has 23 heavy (non-hydrogen) atoms. The van der Waals surface area contributed by atoms with Crippen LogP contribution >= 0.6 is 28.1 Å². The van der Waals surface area contributed by atoms with Crippen molar-refractivity contribution in [2.75, 3.05) is 13.7 Å². The minimum atomic E-state index is -0.430. The first kappa shape index (κ1) is 17.7. The van der Waals surface area contributed by atoms with Crippen LogP contribution in [0.3, 0.4) is 0 Å². The molecule has 2 rings (SSSR count). The molecular formula is C16H19BrN2O3S. The van der Waals surface area contributed by atoms with Crippen LogP contribution in [0.15, 0.2) is 33.9 Å². The smallest absolute Gasteiger partial charge is 0.337 e. The highest BCUT2D eigenvalue weighted by Crippen LogP contribution is 2.35. The van der Waals surface area contributed by atoms with E-state index in [1.165, 1.54) is 7.11 Å². The van der Waals surface area contributed by atoms with Crippen LogP contribution in [0.1, 0.15) is 31.9 Å². The van der Waals surface area contributed by atoms with Gasteiger partial charge in [0.25, 0.3) is 0 Å². The van der Waals surface area contributed by atoms with Crippen LogP contribution in [0.5, 0.6) is 5.75 Å². The molecule has 5 nitrogen and oxygen atoms in total. The number of nitrogens with one attached hydrogen (secondary N) is 2. The molecule has 1 aliphatic heterocycles. The number of hydrogen-bond donors (Lipinski definition) is 2. The van der Waals surface area contributed by atoms with E-state index < -0.39 is 12.0 Å². The van der Waals surface area contributed by atoms with Gasteiger partial charge in [0.15, 0.2) is 5.11 Å². The zero-order valence-electron chi connectivity index (χ0n) is 13.2. The van der Waals surface area contributed by atoms with Gasteiger partial charge < -0.3 is 20.1 Å². The van der Waals surface area contributed by atoms with Gasteiger partial charge in [-0.25, -0.2) is 4.79 Å². The van der Waals surface area contributed by atoms with Gasteiger partial charge in [-0.05, 0) is 43.8 Å². The van der Waals surface area contributed by atoms with Gasteiger partial charge in [-0.15, -0.1) is 0 Å². The molecule has 124 valence electrons. The van der Waals surface area contributed by atoms with Crippen LogP contribution in [-0.4, -0.2) is 24.8 Å². The van der Waals surface area contributed by atoms with Gasteiger partial charge in [0.05, 0.1) is 25.3 Å². The Hall–Kier alpha value is -1.60. The Balaban J connectivity index is 2.52. The van der Waals surface area contributed by atoms with E-state index in [1.54, 1.807) is 6.92 Å². The molecular weight excluding hydrogens is 380 g/mol. The monoisotopic (exact) mass is 398 g/mol. The van der Waals surface area contributed by atoms with E-state index in [1.807, 2.05) is 25.1 Å². The summed E-state index contributed by atoms with van der Waals surface area (Å²) in [4.78, 5) is 12.2. The van der Waals surface area contributed by atoms with Crippen molar-refractivity contribution < 1.29 is 14.3 Å². The summed E-state index contributed by atoms with van der Waals surface area (Å²) in [6, 6.07) is 5.28. The summed E-state index contributed by atoms with van der Waals surface area (Å²) >= 11 is 8.71. The van der Waals surface area contributed by atoms with Crippen molar-refractivity contribution >= 4 is 39.2 Å². The molecule has 0 radical (unpaired) electrons. The van der Waals surface area contributed by atoms with Crippen molar-refractivity contribution in [3.8, 4) is 5.75 Å². The number of esters is 1. The third-order valence-corrected chi connectivity index (χ3v) is 4.13. The van der Waals surface area contributed by atoms with E-state index in [4.69, 9.17) is 21.7 Å². The van der Waals surface area contributed by atoms with Crippen molar-refractivity contribution in [1.82, 2.24) is 10.6 Å². The lowest BCUT2D eigenvalue weighted by molar-refractivity contribution is -0.136. The zero-order valence-corrected chi connectivity index (χ0v) is 15.6. The van der Waals surface area contributed by atoms with Crippen molar-refractivity contribution in [3.63, 3.8) is 0 Å². The maximum Gasteiger partial charge on any atom is 0.337 e. The average molecular weight is 399 g/mol. The minimum Gasteiger partial charge on any atom is -0.493 e. The largest absolute Gasteiger partial charge is 0.493 e. The number of carbonyl (C=O) groups is 1. The number of methoxy groups -OCH3 is 1. The van der Waals surface area contributed by atoms with E-state index in [9.17, 15) is 4.79 Å². The lowest BCUT2D eigenvalue weighted by Gasteiger charge is -2.30. The summed E-state index contributed by atoms with van der Waals surface area (Å²) in [6.45, 7) is 4.44. The van der Waals surface area contributed by atoms with Crippen molar-refractivity contribution in [3.05, 3.63) is 39.5 Å². The quantitative estimate of drug-likeness (QED) is 0.586. The molecule has 0 saturated heterocycles. The number of thiocarbonyl (C=S) groups is 1. The minimum absolute atomic E-state index is 0.406. The van der Waals surface area contributed by atoms with E-state index in [-0.39, 0.29) is 0 Å². The lowest BCUT2D eigenvalue weighted by Crippen LogP contribution is -2.45. The third-order valence-electron chi connectivity index (χ3n) is 3.42. The first-order chi connectivity index (χ1) is 11.0.